The van der Waals surface area contributed by atoms with Crippen LogP contribution in [0.2, 0.25) is 0 Å². The second-order valence-corrected chi connectivity index (χ2v) is 5.46. The fraction of sp³-hybridized carbons (Fsp3) is 0.714. The lowest BCUT2D eigenvalue weighted by Gasteiger charge is -2.35. The highest BCUT2D eigenvalue weighted by Crippen LogP contribution is 2.39. The molecule has 3 unspecified atom stereocenters. The molecule has 0 aromatic carbocycles. The average Bonchev–Trinajstić information content (AvgIpc) is 2.70. The van der Waals surface area contributed by atoms with Gasteiger partial charge in [-0.25, -0.2) is 0 Å². The molecule has 1 aromatic rings. The van der Waals surface area contributed by atoms with Crippen molar-refractivity contribution in [3.05, 3.63) is 24.2 Å². The van der Waals surface area contributed by atoms with E-state index in [-0.39, 0.29) is 0 Å². The van der Waals surface area contributed by atoms with E-state index in [1.807, 2.05) is 13.1 Å². The third kappa shape index (κ3) is 2.49. The summed E-state index contributed by atoms with van der Waals surface area (Å²) in [6.07, 6.45) is 5.79. The Morgan fingerprint density at radius 1 is 1.25 bits per heavy atom. The lowest BCUT2D eigenvalue weighted by Crippen LogP contribution is -2.31. The molecule has 2 nitrogen and oxygen atoms in total. The molecule has 90 valence electrons. The normalized spacial score (nSPS) is 32.6. The van der Waals surface area contributed by atoms with Gasteiger partial charge >= 0.3 is 0 Å². The van der Waals surface area contributed by atoms with E-state index in [2.05, 4.69) is 25.2 Å². The van der Waals surface area contributed by atoms with Crippen molar-refractivity contribution in [1.82, 2.24) is 5.32 Å². The molecule has 2 rings (SSSR count). The summed E-state index contributed by atoms with van der Waals surface area (Å²) in [4.78, 5) is 0. The second kappa shape index (κ2) is 5.05. The molecule has 1 aliphatic rings. The Morgan fingerprint density at radius 2 is 1.94 bits per heavy atom. The fourth-order valence-electron chi connectivity index (χ4n) is 3.36. The molecule has 1 aromatic heterocycles. The van der Waals surface area contributed by atoms with E-state index in [0.717, 1.165) is 23.5 Å². The number of hydrogen-bond acceptors (Lipinski definition) is 2. The highest BCUT2D eigenvalue weighted by atomic mass is 16.3. The standard InChI is InChI=1S/C14H23NO/c1-10-7-11(2)9-12(8-10)14(15-3)13-5-4-6-16-13/h4-6,10-12,14-15H,7-9H2,1-3H3. The van der Waals surface area contributed by atoms with Crippen LogP contribution in [0.15, 0.2) is 22.8 Å². The largest absolute Gasteiger partial charge is 0.468 e. The van der Waals surface area contributed by atoms with E-state index in [0.29, 0.717) is 6.04 Å². The minimum Gasteiger partial charge on any atom is -0.468 e. The summed E-state index contributed by atoms with van der Waals surface area (Å²) in [5.41, 5.74) is 0. The van der Waals surface area contributed by atoms with Crippen molar-refractivity contribution in [2.45, 2.75) is 39.2 Å². The van der Waals surface area contributed by atoms with Crippen molar-refractivity contribution in [1.29, 1.82) is 0 Å². The molecule has 1 N–H and O–H groups in total. The minimum atomic E-state index is 0.389. The van der Waals surface area contributed by atoms with Crippen LogP contribution in [0.5, 0.6) is 0 Å². The van der Waals surface area contributed by atoms with Crippen LogP contribution in [-0.4, -0.2) is 7.05 Å². The van der Waals surface area contributed by atoms with Crippen LogP contribution < -0.4 is 5.32 Å². The van der Waals surface area contributed by atoms with Gasteiger partial charge in [0.1, 0.15) is 5.76 Å². The third-order valence-electron chi connectivity index (χ3n) is 3.85. The molecule has 3 atom stereocenters. The summed E-state index contributed by atoms with van der Waals surface area (Å²) < 4.78 is 5.55. The number of hydrogen-bond donors (Lipinski definition) is 1. The first-order valence-corrected chi connectivity index (χ1v) is 6.41. The van der Waals surface area contributed by atoms with Crippen molar-refractivity contribution in [3.63, 3.8) is 0 Å². The maximum atomic E-state index is 5.55. The van der Waals surface area contributed by atoms with Crippen molar-refractivity contribution in [3.8, 4) is 0 Å². The lowest BCUT2D eigenvalue weighted by atomic mass is 9.73. The Hall–Kier alpha value is -0.760. The zero-order valence-corrected chi connectivity index (χ0v) is 10.6. The van der Waals surface area contributed by atoms with Crippen LogP contribution in [0, 0.1) is 17.8 Å². The van der Waals surface area contributed by atoms with E-state index >= 15 is 0 Å². The first-order valence-electron chi connectivity index (χ1n) is 6.41. The summed E-state index contributed by atoms with van der Waals surface area (Å²) in [5, 5.41) is 3.42. The van der Waals surface area contributed by atoms with Gasteiger partial charge in [0.2, 0.25) is 0 Å². The monoisotopic (exact) mass is 221 g/mol. The maximum absolute atomic E-state index is 5.55. The van der Waals surface area contributed by atoms with Gasteiger partial charge in [-0.1, -0.05) is 13.8 Å². The molecule has 1 heterocycles. The van der Waals surface area contributed by atoms with E-state index in [1.165, 1.54) is 19.3 Å². The van der Waals surface area contributed by atoms with Crippen molar-refractivity contribution in [2.24, 2.45) is 17.8 Å². The smallest absolute Gasteiger partial charge is 0.120 e. The number of rotatable bonds is 3. The van der Waals surface area contributed by atoms with Gasteiger partial charge in [0.25, 0.3) is 0 Å². The molecule has 0 radical (unpaired) electrons. The zero-order valence-electron chi connectivity index (χ0n) is 10.6. The summed E-state index contributed by atoms with van der Waals surface area (Å²) in [6.45, 7) is 4.75. The molecular formula is C14H23NO. The summed E-state index contributed by atoms with van der Waals surface area (Å²) >= 11 is 0. The van der Waals surface area contributed by atoms with Crippen molar-refractivity contribution in [2.75, 3.05) is 7.05 Å². The highest BCUT2D eigenvalue weighted by molar-refractivity contribution is 5.06. The Labute approximate surface area is 98.4 Å². The predicted molar refractivity (Wildman–Crippen MR) is 66.2 cm³/mol. The molecule has 0 aliphatic heterocycles. The van der Waals surface area contributed by atoms with Gasteiger partial charge in [0.15, 0.2) is 0 Å². The quantitative estimate of drug-likeness (QED) is 0.843. The summed E-state index contributed by atoms with van der Waals surface area (Å²) in [6, 6.07) is 4.46. The number of furan rings is 1. The van der Waals surface area contributed by atoms with Gasteiger partial charge < -0.3 is 9.73 Å². The highest BCUT2D eigenvalue weighted by Gasteiger charge is 2.31. The molecule has 2 heteroatoms. The average molecular weight is 221 g/mol. The molecular weight excluding hydrogens is 198 g/mol. The zero-order chi connectivity index (χ0) is 11.5. The van der Waals surface area contributed by atoms with E-state index < -0.39 is 0 Å². The minimum absolute atomic E-state index is 0.389. The van der Waals surface area contributed by atoms with Crippen LogP contribution in [0.3, 0.4) is 0 Å². The van der Waals surface area contributed by atoms with E-state index in [1.54, 1.807) is 6.26 Å². The van der Waals surface area contributed by atoms with Crippen LogP contribution in [0.1, 0.15) is 44.9 Å². The Balaban J connectivity index is 2.09. The third-order valence-corrected chi connectivity index (χ3v) is 3.85. The lowest BCUT2D eigenvalue weighted by molar-refractivity contribution is 0.169. The maximum Gasteiger partial charge on any atom is 0.120 e. The van der Waals surface area contributed by atoms with Gasteiger partial charge in [-0.15, -0.1) is 0 Å². The van der Waals surface area contributed by atoms with Gasteiger partial charge in [0.05, 0.1) is 12.3 Å². The predicted octanol–water partition coefficient (Wildman–Crippen LogP) is 3.61. The SMILES string of the molecule is CNC(c1ccco1)C1CC(C)CC(C)C1. The molecule has 0 saturated heterocycles. The van der Waals surface area contributed by atoms with E-state index in [9.17, 15) is 0 Å². The first kappa shape index (κ1) is 11.7. The van der Waals surface area contributed by atoms with Crippen LogP contribution in [-0.2, 0) is 0 Å². The first-order chi connectivity index (χ1) is 7.70. The van der Waals surface area contributed by atoms with Gasteiger partial charge in [-0.2, -0.15) is 0 Å². The van der Waals surface area contributed by atoms with Crippen LogP contribution >= 0.6 is 0 Å². The van der Waals surface area contributed by atoms with Gasteiger partial charge in [-0.3, -0.25) is 0 Å². The Kier molecular flexibility index (Phi) is 3.70. The summed E-state index contributed by atoms with van der Waals surface area (Å²) in [7, 11) is 2.04. The molecule has 1 aliphatic carbocycles. The second-order valence-electron chi connectivity index (χ2n) is 5.46. The topological polar surface area (TPSA) is 25.2 Å². The van der Waals surface area contributed by atoms with Crippen LogP contribution in [0.4, 0.5) is 0 Å². The van der Waals surface area contributed by atoms with Gasteiger partial charge in [-0.05, 0) is 56.2 Å². The summed E-state index contributed by atoms with van der Waals surface area (Å²) in [5.74, 6) is 3.50. The molecule has 0 amide bonds. The van der Waals surface area contributed by atoms with E-state index in [4.69, 9.17) is 4.42 Å². The number of nitrogens with one attached hydrogen (secondary N) is 1. The fourth-order valence-corrected chi connectivity index (χ4v) is 3.36. The molecule has 16 heavy (non-hydrogen) atoms. The Bertz CT molecular complexity index is 297. The van der Waals surface area contributed by atoms with Crippen molar-refractivity contribution < 1.29 is 4.42 Å². The molecule has 1 saturated carbocycles. The van der Waals surface area contributed by atoms with Gasteiger partial charge in [0, 0.05) is 0 Å². The molecule has 1 fully saturated rings. The molecule has 0 spiro atoms. The molecule has 0 bridgehead atoms. The Morgan fingerprint density at radius 3 is 2.44 bits per heavy atom. The van der Waals surface area contributed by atoms with Crippen LogP contribution in [0.25, 0.3) is 0 Å². The van der Waals surface area contributed by atoms with Crippen molar-refractivity contribution >= 4 is 0 Å².